The normalized spacial score (nSPS) is 13.4. The van der Waals surface area contributed by atoms with Crippen LogP contribution in [0.3, 0.4) is 0 Å². The Hall–Kier alpha value is -3.06. The lowest BCUT2D eigenvalue weighted by atomic mass is 10.2. The van der Waals surface area contributed by atoms with Gasteiger partial charge in [0.1, 0.15) is 5.75 Å². The second kappa shape index (κ2) is 7.16. The number of amides is 2. The molecule has 3 aromatic rings. The molecule has 144 valence electrons. The number of fused-ring (bicyclic) bond motifs is 1. The van der Waals surface area contributed by atoms with Crippen molar-refractivity contribution in [1.29, 1.82) is 0 Å². The van der Waals surface area contributed by atoms with Crippen molar-refractivity contribution in [2.24, 2.45) is 0 Å². The van der Waals surface area contributed by atoms with E-state index >= 15 is 0 Å². The summed E-state index contributed by atoms with van der Waals surface area (Å²) in [5, 5.41) is 6.26. The summed E-state index contributed by atoms with van der Waals surface area (Å²) < 4.78 is 6.91. The van der Waals surface area contributed by atoms with Gasteiger partial charge in [0, 0.05) is 23.3 Å². The minimum atomic E-state index is -0.452. The second-order valence-corrected chi connectivity index (χ2v) is 7.15. The van der Waals surface area contributed by atoms with Crippen LogP contribution >= 0.6 is 11.6 Å². The number of aromatic nitrogens is 2. The van der Waals surface area contributed by atoms with E-state index < -0.39 is 5.91 Å². The molecule has 0 saturated heterocycles. The quantitative estimate of drug-likeness (QED) is 0.689. The summed E-state index contributed by atoms with van der Waals surface area (Å²) >= 11 is 6.13. The maximum Gasteiger partial charge on any atom is 0.292 e. The topological polar surface area (TPSA) is 84.7 Å². The van der Waals surface area contributed by atoms with Crippen LogP contribution in [0.1, 0.15) is 39.5 Å². The molecule has 2 heterocycles. The summed E-state index contributed by atoms with van der Waals surface area (Å²) in [6.07, 6.45) is 3.65. The fourth-order valence-electron chi connectivity index (χ4n) is 2.95. The van der Waals surface area contributed by atoms with Gasteiger partial charge >= 0.3 is 0 Å². The van der Waals surface area contributed by atoms with Gasteiger partial charge in [0.2, 0.25) is 5.82 Å². The zero-order chi connectivity index (χ0) is 19.8. The highest BCUT2D eigenvalue weighted by molar-refractivity contribution is 6.31. The average molecular weight is 399 g/mol. The van der Waals surface area contributed by atoms with Crippen molar-refractivity contribution in [1.82, 2.24) is 14.7 Å². The number of pyridine rings is 1. The first-order chi connectivity index (χ1) is 13.5. The minimum Gasteiger partial charge on any atom is -0.495 e. The molecule has 2 aromatic heterocycles. The van der Waals surface area contributed by atoms with Gasteiger partial charge in [-0.15, -0.1) is 0 Å². The number of carbonyl (C=O) groups is 2. The van der Waals surface area contributed by atoms with Crippen molar-refractivity contribution in [3.63, 3.8) is 0 Å². The lowest BCUT2D eigenvalue weighted by Gasteiger charge is -2.11. The van der Waals surface area contributed by atoms with E-state index in [-0.39, 0.29) is 23.5 Å². The van der Waals surface area contributed by atoms with Gasteiger partial charge in [-0.25, -0.2) is 4.98 Å². The molecule has 1 aliphatic rings. The Bertz CT molecular complexity index is 1090. The third-order valence-electron chi connectivity index (χ3n) is 4.61. The van der Waals surface area contributed by atoms with Crippen molar-refractivity contribution in [2.75, 3.05) is 12.4 Å². The van der Waals surface area contributed by atoms with E-state index in [4.69, 9.17) is 16.3 Å². The van der Waals surface area contributed by atoms with Crippen LogP contribution in [-0.4, -0.2) is 34.4 Å². The van der Waals surface area contributed by atoms with Gasteiger partial charge in [-0.2, -0.15) is 0 Å². The molecule has 28 heavy (non-hydrogen) atoms. The standard InChI is InChI=1S/C20H19ClN4O3/c1-11-9-14(16(28-2)10-13(11)21)23-20(27)18-24-17(19(26)22-12-6-7-12)15-5-3-4-8-25(15)18/h3-5,8-10,12H,6-7H2,1-2H3,(H,22,26)(H,23,27). The maximum absolute atomic E-state index is 12.9. The zero-order valence-electron chi connectivity index (χ0n) is 15.5. The van der Waals surface area contributed by atoms with E-state index in [1.165, 1.54) is 7.11 Å². The SMILES string of the molecule is COc1cc(Cl)c(C)cc1NC(=O)c1nc(C(=O)NC2CC2)c2ccccn12. The summed E-state index contributed by atoms with van der Waals surface area (Å²) in [5.41, 5.74) is 2.09. The largest absolute Gasteiger partial charge is 0.495 e. The molecule has 8 heteroatoms. The van der Waals surface area contributed by atoms with Crippen molar-refractivity contribution < 1.29 is 14.3 Å². The number of nitrogens with one attached hydrogen (secondary N) is 2. The molecule has 0 spiro atoms. The number of imidazole rings is 1. The highest BCUT2D eigenvalue weighted by Crippen LogP contribution is 2.31. The third-order valence-corrected chi connectivity index (χ3v) is 5.02. The van der Waals surface area contributed by atoms with Gasteiger partial charge < -0.3 is 15.4 Å². The average Bonchev–Trinajstić information content (AvgIpc) is 3.40. The Kier molecular flexibility index (Phi) is 4.68. The number of benzene rings is 1. The summed E-state index contributed by atoms with van der Waals surface area (Å²) in [4.78, 5) is 29.8. The molecule has 1 aliphatic carbocycles. The Labute approximate surface area is 166 Å². The van der Waals surface area contributed by atoms with E-state index in [1.54, 1.807) is 40.9 Å². The lowest BCUT2D eigenvalue weighted by Crippen LogP contribution is -2.26. The Morgan fingerprint density at radius 2 is 2.04 bits per heavy atom. The monoisotopic (exact) mass is 398 g/mol. The van der Waals surface area contributed by atoms with Crippen LogP contribution in [0, 0.1) is 6.92 Å². The number of rotatable bonds is 5. The minimum absolute atomic E-state index is 0.117. The molecule has 7 nitrogen and oxygen atoms in total. The Balaban J connectivity index is 1.70. The van der Waals surface area contributed by atoms with Crippen LogP contribution < -0.4 is 15.4 Å². The van der Waals surface area contributed by atoms with Gasteiger partial charge in [0.05, 0.1) is 18.3 Å². The molecule has 4 rings (SSSR count). The van der Waals surface area contributed by atoms with E-state index in [2.05, 4.69) is 15.6 Å². The molecular weight excluding hydrogens is 380 g/mol. The van der Waals surface area contributed by atoms with Gasteiger partial charge in [-0.3, -0.25) is 14.0 Å². The number of ether oxygens (including phenoxy) is 1. The molecule has 2 amide bonds. The molecule has 1 saturated carbocycles. The molecule has 0 unspecified atom stereocenters. The highest BCUT2D eigenvalue weighted by Gasteiger charge is 2.27. The second-order valence-electron chi connectivity index (χ2n) is 6.74. The van der Waals surface area contributed by atoms with Crippen molar-refractivity contribution >= 4 is 34.6 Å². The lowest BCUT2D eigenvalue weighted by molar-refractivity contribution is 0.0948. The molecule has 0 bridgehead atoms. The molecular formula is C20H19ClN4O3. The summed E-state index contributed by atoms with van der Waals surface area (Å²) in [5.74, 6) is -0.167. The van der Waals surface area contributed by atoms with E-state index in [9.17, 15) is 9.59 Å². The number of anilines is 1. The highest BCUT2D eigenvalue weighted by atomic mass is 35.5. The van der Waals surface area contributed by atoms with Crippen LogP contribution in [-0.2, 0) is 0 Å². The van der Waals surface area contributed by atoms with E-state index in [1.807, 2.05) is 6.92 Å². The first-order valence-corrected chi connectivity index (χ1v) is 9.29. The number of methoxy groups -OCH3 is 1. The Morgan fingerprint density at radius 1 is 1.25 bits per heavy atom. The van der Waals surface area contributed by atoms with Gasteiger partial charge in [-0.05, 0) is 43.5 Å². The van der Waals surface area contributed by atoms with E-state index in [0.717, 1.165) is 18.4 Å². The molecule has 0 radical (unpaired) electrons. The van der Waals surface area contributed by atoms with Crippen LogP contribution in [0.25, 0.3) is 5.52 Å². The molecule has 0 atom stereocenters. The predicted molar refractivity (Wildman–Crippen MR) is 106 cm³/mol. The first kappa shape index (κ1) is 18.3. The predicted octanol–water partition coefficient (Wildman–Crippen LogP) is 3.45. The summed E-state index contributed by atoms with van der Waals surface area (Å²) in [6.45, 7) is 1.84. The summed E-state index contributed by atoms with van der Waals surface area (Å²) in [6, 6.07) is 8.92. The van der Waals surface area contributed by atoms with Crippen LogP contribution in [0.5, 0.6) is 5.75 Å². The van der Waals surface area contributed by atoms with Crippen LogP contribution in [0.2, 0.25) is 5.02 Å². The zero-order valence-corrected chi connectivity index (χ0v) is 16.2. The third kappa shape index (κ3) is 3.41. The van der Waals surface area contributed by atoms with Crippen LogP contribution in [0.15, 0.2) is 36.5 Å². The molecule has 1 aromatic carbocycles. The van der Waals surface area contributed by atoms with Gasteiger partial charge in [0.15, 0.2) is 5.69 Å². The van der Waals surface area contributed by atoms with Gasteiger partial charge in [-0.1, -0.05) is 17.7 Å². The fourth-order valence-corrected chi connectivity index (χ4v) is 3.11. The fraction of sp³-hybridized carbons (Fsp3) is 0.250. The molecule has 1 fully saturated rings. The van der Waals surface area contributed by atoms with Crippen LogP contribution in [0.4, 0.5) is 5.69 Å². The van der Waals surface area contributed by atoms with Crippen molar-refractivity contribution in [3.8, 4) is 5.75 Å². The number of carbonyl (C=O) groups excluding carboxylic acids is 2. The van der Waals surface area contributed by atoms with Crippen molar-refractivity contribution in [2.45, 2.75) is 25.8 Å². The number of hydrogen-bond donors (Lipinski definition) is 2. The number of halogens is 1. The smallest absolute Gasteiger partial charge is 0.292 e. The van der Waals surface area contributed by atoms with Crippen molar-refractivity contribution in [3.05, 3.63) is 58.6 Å². The summed E-state index contributed by atoms with van der Waals surface area (Å²) in [7, 11) is 1.50. The number of aryl methyl sites for hydroxylation is 1. The molecule has 0 aliphatic heterocycles. The number of nitrogens with zero attached hydrogens (tertiary/aromatic N) is 2. The van der Waals surface area contributed by atoms with E-state index in [0.29, 0.717) is 22.0 Å². The van der Waals surface area contributed by atoms with Gasteiger partial charge in [0.25, 0.3) is 11.8 Å². The molecule has 2 N–H and O–H groups in total. The first-order valence-electron chi connectivity index (χ1n) is 8.91. The maximum atomic E-state index is 12.9. The number of hydrogen-bond acceptors (Lipinski definition) is 4. The Morgan fingerprint density at radius 3 is 2.75 bits per heavy atom.